The van der Waals surface area contributed by atoms with Gasteiger partial charge in [-0.25, -0.2) is 4.39 Å². The third-order valence-electron chi connectivity index (χ3n) is 3.93. The highest BCUT2D eigenvalue weighted by Gasteiger charge is 2.26. The van der Waals surface area contributed by atoms with Crippen LogP contribution in [0, 0.1) is 18.7 Å². The van der Waals surface area contributed by atoms with E-state index in [-0.39, 0.29) is 17.8 Å². The lowest BCUT2D eigenvalue weighted by atomic mass is 9.90. The fourth-order valence-corrected chi connectivity index (χ4v) is 2.53. The molecule has 1 heterocycles. The average molecular weight is 264 g/mol. The minimum Gasteiger partial charge on any atom is -0.324 e. The Bertz CT molecular complexity index is 461. The van der Waals surface area contributed by atoms with E-state index < -0.39 is 0 Å². The second kappa shape index (κ2) is 6.15. The molecular weight excluding hydrogens is 243 g/mol. The molecule has 104 valence electrons. The van der Waals surface area contributed by atoms with Crippen LogP contribution in [0.15, 0.2) is 18.2 Å². The molecule has 1 fully saturated rings. The van der Waals surface area contributed by atoms with E-state index in [4.69, 9.17) is 0 Å². The van der Waals surface area contributed by atoms with Crippen LogP contribution in [0.25, 0.3) is 0 Å². The van der Waals surface area contributed by atoms with E-state index in [1.54, 1.807) is 19.1 Å². The number of nitrogens with one attached hydrogen (secondary N) is 2. The number of amides is 1. The highest BCUT2D eigenvalue weighted by Crippen LogP contribution is 2.22. The van der Waals surface area contributed by atoms with E-state index in [1.807, 2.05) is 0 Å². The van der Waals surface area contributed by atoms with Gasteiger partial charge in [-0.15, -0.1) is 0 Å². The van der Waals surface area contributed by atoms with Crippen molar-refractivity contribution in [2.24, 2.45) is 5.92 Å². The first kappa shape index (κ1) is 14.0. The molecule has 0 aliphatic carbocycles. The normalized spacial score (nSPS) is 23.1. The maximum absolute atomic E-state index is 13.4. The zero-order valence-electron chi connectivity index (χ0n) is 11.5. The molecule has 1 aromatic rings. The summed E-state index contributed by atoms with van der Waals surface area (Å²) in [6.45, 7) is 4.70. The molecule has 0 radical (unpaired) electrons. The van der Waals surface area contributed by atoms with Gasteiger partial charge in [0.05, 0.1) is 6.04 Å². The number of piperidine rings is 1. The summed E-state index contributed by atoms with van der Waals surface area (Å²) in [5.41, 5.74) is 1.05. The van der Waals surface area contributed by atoms with Gasteiger partial charge >= 0.3 is 0 Å². The monoisotopic (exact) mass is 264 g/mol. The topological polar surface area (TPSA) is 41.1 Å². The van der Waals surface area contributed by atoms with Crippen molar-refractivity contribution in [1.29, 1.82) is 0 Å². The van der Waals surface area contributed by atoms with Gasteiger partial charge in [0.15, 0.2) is 0 Å². The lowest BCUT2D eigenvalue weighted by Gasteiger charge is -2.29. The highest BCUT2D eigenvalue weighted by atomic mass is 19.1. The Labute approximate surface area is 113 Å². The molecule has 1 aliphatic rings. The van der Waals surface area contributed by atoms with Crippen molar-refractivity contribution in [1.82, 2.24) is 5.32 Å². The van der Waals surface area contributed by atoms with Crippen LogP contribution in [0.2, 0.25) is 0 Å². The van der Waals surface area contributed by atoms with Gasteiger partial charge in [-0.3, -0.25) is 4.79 Å². The number of benzene rings is 1. The summed E-state index contributed by atoms with van der Waals surface area (Å²) in [6, 6.07) is 4.58. The van der Waals surface area contributed by atoms with Crippen molar-refractivity contribution in [3.05, 3.63) is 29.6 Å². The Kier molecular flexibility index (Phi) is 4.53. The smallest absolute Gasteiger partial charge is 0.241 e. The average Bonchev–Trinajstić information content (AvgIpc) is 2.44. The minimum atomic E-state index is -0.291. The molecule has 0 saturated carbocycles. The predicted octanol–water partition coefficient (Wildman–Crippen LogP) is 2.85. The van der Waals surface area contributed by atoms with Crippen LogP contribution in [0.5, 0.6) is 0 Å². The molecule has 1 aromatic carbocycles. The van der Waals surface area contributed by atoms with E-state index in [0.29, 0.717) is 17.2 Å². The van der Waals surface area contributed by atoms with Gasteiger partial charge in [0.1, 0.15) is 5.82 Å². The van der Waals surface area contributed by atoms with Crippen LogP contribution in [0.4, 0.5) is 10.1 Å². The predicted molar refractivity (Wildman–Crippen MR) is 74.6 cm³/mol. The molecule has 2 N–H and O–H groups in total. The second-order valence-electron chi connectivity index (χ2n) is 5.21. The van der Waals surface area contributed by atoms with E-state index in [9.17, 15) is 9.18 Å². The van der Waals surface area contributed by atoms with Crippen LogP contribution in [-0.2, 0) is 4.79 Å². The largest absolute Gasteiger partial charge is 0.324 e. The minimum absolute atomic E-state index is 0.0631. The van der Waals surface area contributed by atoms with E-state index >= 15 is 0 Å². The van der Waals surface area contributed by atoms with Gasteiger partial charge in [0, 0.05) is 11.3 Å². The third kappa shape index (κ3) is 3.32. The first-order valence-corrected chi connectivity index (χ1v) is 6.91. The Morgan fingerprint density at radius 1 is 1.53 bits per heavy atom. The standard InChI is InChI=1S/C15H21FN2O/c1-3-11-7-8-17-14(9-11)15(19)18-13-6-4-5-12(16)10(13)2/h4-6,11,14,17H,3,7-9H2,1-2H3,(H,18,19). The number of carbonyl (C=O) groups is 1. The highest BCUT2D eigenvalue weighted by molar-refractivity contribution is 5.95. The Balaban J connectivity index is 2.02. The summed E-state index contributed by atoms with van der Waals surface area (Å²) in [5, 5.41) is 6.06. The molecular formula is C15H21FN2O. The molecule has 2 rings (SSSR count). The van der Waals surface area contributed by atoms with Crippen LogP contribution in [-0.4, -0.2) is 18.5 Å². The number of rotatable bonds is 3. The first-order chi connectivity index (χ1) is 9.11. The van der Waals surface area contributed by atoms with Crippen molar-refractivity contribution < 1.29 is 9.18 Å². The number of anilines is 1. The molecule has 19 heavy (non-hydrogen) atoms. The SMILES string of the molecule is CCC1CCNC(C(=O)Nc2cccc(F)c2C)C1. The van der Waals surface area contributed by atoms with Crippen molar-refractivity contribution >= 4 is 11.6 Å². The first-order valence-electron chi connectivity index (χ1n) is 6.91. The number of hydrogen-bond acceptors (Lipinski definition) is 2. The third-order valence-corrected chi connectivity index (χ3v) is 3.93. The van der Waals surface area contributed by atoms with Crippen molar-refractivity contribution in [3.8, 4) is 0 Å². The fraction of sp³-hybridized carbons (Fsp3) is 0.533. The van der Waals surface area contributed by atoms with Crippen molar-refractivity contribution in [3.63, 3.8) is 0 Å². The molecule has 0 bridgehead atoms. The Morgan fingerprint density at radius 2 is 2.32 bits per heavy atom. The Hall–Kier alpha value is -1.42. The summed E-state index contributed by atoms with van der Waals surface area (Å²) in [4.78, 5) is 12.2. The van der Waals surface area contributed by atoms with Gasteiger partial charge < -0.3 is 10.6 Å². The zero-order chi connectivity index (χ0) is 13.8. The van der Waals surface area contributed by atoms with Gasteiger partial charge in [0.2, 0.25) is 5.91 Å². The molecule has 1 saturated heterocycles. The molecule has 4 heteroatoms. The van der Waals surface area contributed by atoms with Crippen LogP contribution in [0.3, 0.4) is 0 Å². The van der Waals surface area contributed by atoms with Crippen molar-refractivity contribution in [2.45, 2.75) is 39.2 Å². The van der Waals surface area contributed by atoms with E-state index in [2.05, 4.69) is 17.6 Å². The van der Waals surface area contributed by atoms with Crippen LogP contribution in [0.1, 0.15) is 31.7 Å². The summed E-state index contributed by atoms with van der Waals surface area (Å²) >= 11 is 0. The van der Waals surface area contributed by atoms with Crippen LogP contribution >= 0.6 is 0 Å². The maximum Gasteiger partial charge on any atom is 0.241 e. The molecule has 2 unspecified atom stereocenters. The zero-order valence-corrected chi connectivity index (χ0v) is 11.5. The fourth-order valence-electron chi connectivity index (χ4n) is 2.53. The molecule has 1 amide bonds. The summed E-state index contributed by atoms with van der Waals surface area (Å²) in [7, 11) is 0. The molecule has 0 aromatic heterocycles. The second-order valence-corrected chi connectivity index (χ2v) is 5.21. The summed E-state index contributed by atoms with van der Waals surface area (Å²) in [6.07, 6.45) is 3.08. The van der Waals surface area contributed by atoms with E-state index in [1.165, 1.54) is 6.07 Å². The van der Waals surface area contributed by atoms with Gasteiger partial charge in [0.25, 0.3) is 0 Å². The lowest BCUT2D eigenvalue weighted by molar-refractivity contribution is -0.119. The molecule has 0 spiro atoms. The summed E-state index contributed by atoms with van der Waals surface area (Å²) in [5.74, 6) is 0.248. The van der Waals surface area contributed by atoms with E-state index in [0.717, 1.165) is 25.8 Å². The Morgan fingerprint density at radius 3 is 3.05 bits per heavy atom. The lowest BCUT2D eigenvalue weighted by Crippen LogP contribution is -2.46. The molecule has 2 atom stereocenters. The van der Waals surface area contributed by atoms with Crippen LogP contribution < -0.4 is 10.6 Å². The quantitative estimate of drug-likeness (QED) is 0.881. The number of halogens is 1. The maximum atomic E-state index is 13.4. The molecule has 3 nitrogen and oxygen atoms in total. The van der Waals surface area contributed by atoms with Gasteiger partial charge in [-0.1, -0.05) is 19.4 Å². The van der Waals surface area contributed by atoms with Crippen molar-refractivity contribution in [2.75, 3.05) is 11.9 Å². The summed E-state index contributed by atoms with van der Waals surface area (Å²) < 4.78 is 13.4. The molecule has 1 aliphatic heterocycles. The number of hydrogen-bond donors (Lipinski definition) is 2. The van der Waals surface area contributed by atoms with Gasteiger partial charge in [-0.05, 0) is 44.4 Å². The number of carbonyl (C=O) groups excluding carboxylic acids is 1. The van der Waals surface area contributed by atoms with Gasteiger partial charge in [-0.2, -0.15) is 0 Å².